The number of benzene rings is 2. The highest BCUT2D eigenvalue weighted by atomic mass is 32.2. The molecule has 156 valence electrons. The minimum atomic E-state index is -3.03. The van der Waals surface area contributed by atoms with E-state index in [9.17, 15) is 13.2 Å². The van der Waals surface area contributed by atoms with Crippen molar-refractivity contribution in [1.82, 2.24) is 15.1 Å². The van der Waals surface area contributed by atoms with Crippen LogP contribution in [0.2, 0.25) is 0 Å². The standard InChI is InChI=1S/C22H23N3O3S2/c1-2-25(17-12-13-30(27,28)15-17)20(26)14-29-22-19-11-7-6-10-18(19)21(23-24-22)16-8-4-3-5-9-16/h3-11,17H,2,12-15H2,1H3/t17-/m1/s1. The molecule has 0 bridgehead atoms. The van der Waals surface area contributed by atoms with Crippen LogP contribution in [0.5, 0.6) is 0 Å². The molecule has 2 heterocycles. The first-order chi connectivity index (χ1) is 14.5. The van der Waals surface area contributed by atoms with Crippen molar-refractivity contribution >= 4 is 38.3 Å². The molecule has 30 heavy (non-hydrogen) atoms. The van der Waals surface area contributed by atoms with Gasteiger partial charge in [-0.05, 0) is 13.3 Å². The number of fused-ring (bicyclic) bond motifs is 1. The smallest absolute Gasteiger partial charge is 0.233 e. The number of hydrogen-bond acceptors (Lipinski definition) is 6. The van der Waals surface area contributed by atoms with Crippen LogP contribution in [0.1, 0.15) is 13.3 Å². The van der Waals surface area contributed by atoms with Gasteiger partial charge in [0.2, 0.25) is 5.91 Å². The van der Waals surface area contributed by atoms with E-state index in [-0.39, 0.29) is 29.2 Å². The second-order valence-corrected chi connectivity index (χ2v) is 10.5. The maximum Gasteiger partial charge on any atom is 0.233 e. The Morgan fingerprint density at radius 3 is 2.43 bits per heavy atom. The number of amides is 1. The van der Waals surface area contributed by atoms with Gasteiger partial charge >= 0.3 is 0 Å². The summed E-state index contributed by atoms with van der Waals surface area (Å²) in [6, 6.07) is 17.6. The molecule has 1 aliphatic rings. The van der Waals surface area contributed by atoms with Gasteiger partial charge in [0.05, 0.1) is 17.3 Å². The molecule has 0 N–H and O–H groups in total. The van der Waals surface area contributed by atoms with E-state index >= 15 is 0 Å². The third-order valence-corrected chi connectivity index (χ3v) is 8.06. The zero-order valence-corrected chi connectivity index (χ0v) is 18.3. The second-order valence-electron chi connectivity index (χ2n) is 7.29. The third kappa shape index (κ3) is 4.34. The molecule has 1 atom stereocenters. The SMILES string of the molecule is CCN(C(=O)CSc1nnc(-c2ccccc2)c2ccccc12)[C@@H]1CCS(=O)(=O)C1. The van der Waals surface area contributed by atoms with Gasteiger partial charge in [-0.25, -0.2) is 8.42 Å². The molecule has 0 saturated carbocycles. The largest absolute Gasteiger partial charge is 0.338 e. The Bertz CT molecular complexity index is 1170. The summed E-state index contributed by atoms with van der Waals surface area (Å²) in [4.78, 5) is 14.5. The predicted molar refractivity (Wildman–Crippen MR) is 120 cm³/mol. The van der Waals surface area contributed by atoms with Gasteiger partial charge in [0.25, 0.3) is 0 Å². The van der Waals surface area contributed by atoms with Crippen LogP contribution in [0.3, 0.4) is 0 Å². The Morgan fingerprint density at radius 1 is 1.07 bits per heavy atom. The summed E-state index contributed by atoms with van der Waals surface area (Å²) >= 11 is 1.35. The molecule has 1 amide bonds. The van der Waals surface area contributed by atoms with Crippen LogP contribution in [-0.2, 0) is 14.6 Å². The van der Waals surface area contributed by atoms with Gasteiger partial charge in [-0.3, -0.25) is 4.79 Å². The van der Waals surface area contributed by atoms with E-state index in [1.165, 1.54) is 11.8 Å². The lowest BCUT2D eigenvalue weighted by molar-refractivity contribution is -0.129. The fourth-order valence-electron chi connectivity index (χ4n) is 3.87. The summed E-state index contributed by atoms with van der Waals surface area (Å²) in [5.41, 5.74) is 1.81. The molecule has 3 aromatic rings. The highest BCUT2D eigenvalue weighted by Crippen LogP contribution is 2.32. The van der Waals surface area contributed by atoms with Gasteiger partial charge in [0.15, 0.2) is 9.84 Å². The number of nitrogens with zero attached hydrogens (tertiary/aromatic N) is 3. The van der Waals surface area contributed by atoms with E-state index in [1.54, 1.807) is 4.90 Å². The lowest BCUT2D eigenvalue weighted by Crippen LogP contribution is -2.41. The Labute approximate surface area is 180 Å². The number of hydrogen-bond donors (Lipinski definition) is 0. The van der Waals surface area contributed by atoms with Gasteiger partial charge < -0.3 is 4.90 Å². The van der Waals surface area contributed by atoms with Gasteiger partial charge in [-0.1, -0.05) is 66.4 Å². The Hall–Kier alpha value is -2.45. The molecule has 1 aromatic heterocycles. The van der Waals surface area contributed by atoms with Crippen molar-refractivity contribution in [2.45, 2.75) is 24.4 Å². The maximum atomic E-state index is 12.8. The van der Waals surface area contributed by atoms with Crippen LogP contribution in [-0.4, -0.2) is 59.3 Å². The van der Waals surface area contributed by atoms with Crippen molar-refractivity contribution < 1.29 is 13.2 Å². The van der Waals surface area contributed by atoms with Crippen LogP contribution in [0.15, 0.2) is 59.6 Å². The van der Waals surface area contributed by atoms with Gasteiger partial charge in [0, 0.05) is 28.9 Å². The molecule has 1 fully saturated rings. The molecule has 1 aliphatic heterocycles. The average molecular weight is 442 g/mol. The van der Waals surface area contributed by atoms with Crippen molar-refractivity contribution in [3.05, 3.63) is 54.6 Å². The van der Waals surface area contributed by atoms with Gasteiger partial charge in [-0.2, -0.15) is 0 Å². The molecule has 1 saturated heterocycles. The van der Waals surface area contributed by atoms with Crippen molar-refractivity contribution in [1.29, 1.82) is 0 Å². The minimum absolute atomic E-state index is 0.0613. The molecule has 0 spiro atoms. The first-order valence-electron chi connectivity index (χ1n) is 9.92. The topological polar surface area (TPSA) is 80.2 Å². The number of sulfone groups is 1. The molecule has 0 aliphatic carbocycles. The Balaban J connectivity index is 1.55. The normalized spacial score (nSPS) is 17.8. The van der Waals surface area contributed by atoms with Crippen LogP contribution < -0.4 is 0 Å². The first-order valence-corrected chi connectivity index (χ1v) is 12.7. The quantitative estimate of drug-likeness (QED) is 0.545. The summed E-state index contributed by atoms with van der Waals surface area (Å²) in [5, 5.41) is 11.5. The maximum absolute atomic E-state index is 12.8. The molecule has 0 unspecified atom stereocenters. The summed E-state index contributed by atoms with van der Waals surface area (Å²) < 4.78 is 23.6. The highest BCUT2D eigenvalue weighted by molar-refractivity contribution is 8.00. The summed E-state index contributed by atoms with van der Waals surface area (Å²) in [6.07, 6.45) is 0.515. The summed E-state index contributed by atoms with van der Waals surface area (Å²) in [7, 11) is -3.03. The fraction of sp³-hybridized carbons (Fsp3) is 0.318. The van der Waals surface area contributed by atoms with Crippen LogP contribution >= 0.6 is 11.8 Å². The monoisotopic (exact) mass is 441 g/mol. The van der Waals surface area contributed by atoms with Crippen LogP contribution in [0.4, 0.5) is 0 Å². The number of aromatic nitrogens is 2. The zero-order chi connectivity index (χ0) is 21.1. The average Bonchev–Trinajstić information content (AvgIpc) is 3.12. The number of carbonyl (C=O) groups is 1. The van der Waals surface area contributed by atoms with E-state index in [2.05, 4.69) is 10.2 Å². The molecule has 6 nitrogen and oxygen atoms in total. The van der Waals surface area contributed by atoms with Gasteiger partial charge in [0.1, 0.15) is 10.7 Å². The molecule has 0 radical (unpaired) electrons. The van der Waals surface area contributed by atoms with Crippen molar-refractivity contribution in [2.24, 2.45) is 0 Å². The minimum Gasteiger partial charge on any atom is -0.338 e. The Kier molecular flexibility index (Phi) is 6.06. The summed E-state index contributed by atoms with van der Waals surface area (Å²) in [6.45, 7) is 2.39. The highest BCUT2D eigenvalue weighted by Gasteiger charge is 2.33. The molecular weight excluding hydrogens is 418 g/mol. The third-order valence-electron chi connectivity index (χ3n) is 5.34. The Morgan fingerprint density at radius 2 is 1.77 bits per heavy atom. The fourth-order valence-corrected chi connectivity index (χ4v) is 6.46. The number of thioether (sulfide) groups is 1. The van der Waals surface area contributed by atoms with Crippen molar-refractivity contribution in [2.75, 3.05) is 23.8 Å². The molecule has 2 aromatic carbocycles. The predicted octanol–water partition coefficient (Wildman–Crippen LogP) is 3.42. The lowest BCUT2D eigenvalue weighted by atomic mass is 10.1. The van der Waals surface area contributed by atoms with Crippen molar-refractivity contribution in [3.8, 4) is 11.3 Å². The summed E-state index contributed by atoms with van der Waals surface area (Å²) in [5.74, 6) is 0.355. The zero-order valence-electron chi connectivity index (χ0n) is 16.7. The lowest BCUT2D eigenvalue weighted by Gasteiger charge is -2.26. The van der Waals surface area contributed by atoms with Crippen LogP contribution in [0.25, 0.3) is 22.0 Å². The van der Waals surface area contributed by atoms with E-state index < -0.39 is 9.84 Å². The number of rotatable bonds is 6. The van der Waals surface area contributed by atoms with E-state index in [1.807, 2.05) is 61.5 Å². The van der Waals surface area contributed by atoms with Gasteiger partial charge in [-0.15, -0.1) is 10.2 Å². The number of carbonyl (C=O) groups excluding carboxylic acids is 1. The molecule has 8 heteroatoms. The van der Waals surface area contributed by atoms with Crippen LogP contribution in [0, 0.1) is 0 Å². The van der Waals surface area contributed by atoms with E-state index in [0.717, 1.165) is 22.0 Å². The van der Waals surface area contributed by atoms with Crippen molar-refractivity contribution in [3.63, 3.8) is 0 Å². The first kappa shape index (κ1) is 20.8. The molecule has 4 rings (SSSR count). The molecular formula is C22H23N3O3S2. The second kappa shape index (κ2) is 8.73. The van der Waals surface area contributed by atoms with E-state index in [4.69, 9.17) is 0 Å². The van der Waals surface area contributed by atoms with E-state index in [0.29, 0.717) is 18.0 Å².